The van der Waals surface area contributed by atoms with Crippen molar-refractivity contribution in [3.8, 4) is 0 Å². The van der Waals surface area contributed by atoms with E-state index in [-0.39, 0.29) is 24.4 Å². The number of para-hydroxylation sites is 1. The molecule has 0 aliphatic carbocycles. The molecule has 2 aromatic rings. The van der Waals surface area contributed by atoms with Gasteiger partial charge in [0, 0.05) is 5.69 Å². The monoisotopic (exact) mass is 435 g/mol. The van der Waals surface area contributed by atoms with Crippen LogP contribution in [0.3, 0.4) is 0 Å². The smallest absolute Gasteiger partial charge is 0.243 e. The summed E-state index contributed by atoms with van der Waals surface area (Å²) >= 11 is 0. The summed E-state index contributed by atoms with van der Waals surface area (Å²) in [7, 11) is 0. The lowest BCUT2D eigenvalue weighted by Gasteiger charge is -2.35. The lowest BCUT2D eigenvalue weighted by Crippen LogP contribution is -2.49. The molecule has 0 saturated carbocycles. The van der Waals surface area contributed by atoms with Crippen molar-refractivity contribution in [1.29, 1.82) is 0 Å². The molecule has 1 aliphatic heterocycles. The van der Waals surface area contributed by atoms with E-state index < -0.39 is 0 Å². The zero-order valence-electron chi connectivity index (χ0n) is 19.9. The maximum Gasteiger partial charge on any atom is 0.243 e. The number of hydrogen-bond acceptors (Lipinski definition) is 3. The highest BCUT2D eigenvalue weighted by Crippen LogP contribution is 2.24. The van der Waals surface area contributed by atoms with Crippen molar-refractivity contribution in [1.82, 2.24) is 10.2 Å². The van der Waals surface area contributed by atoms with Crippen LogP contribution in [-0.4, -0.2) is 42.4 Å². The summed E-state index contributed by atoms with van der Waals surface area (Å²) in [4.78, 5) is 27.2. The number of likely N-dealkylation sites (tertiary alicyclic amines) is 1. The quantitative estimate of drug-likeness (QED) is 0.646. The lowest BCUT2D eigenvalue weighted by molar-refractivity contribution is -0.128. The first-order valence-corrected chi connectivity index (χ1v) is 11.8. The van der Waals surface area contributed by atoms with E-state index in [9.17, 15) is 9.59 Å². The van der Waals surface area contributed by atoms with E-state index in [0.29, 0.717) is 5.92 Å². The van der Waals surface area contributed by atoms with Crippen LogP contribution < -0.4 is 10.6 Å². The largest absolute Gasteiger partial charge is 0.346 e. The van der Waals surface area contributed by atoms with E-state index in [1.165, 1.54) is 17.5 Å². The standard InChI is InChI=1S/C27H37N3O2/c1-19-8-10-23(11-9-19)12-13-24-14-16-30(17-15-24)22(4)27(32)28-18-25(31)29-26-20(2)6-5-7-21(26)3/h5-11,22,24H,12-18H2,1-4H3,(H,28,32)(H,29,31). The third-order valence-electron chi connectivity index (χ3n) is 6.71. The molecule has 32 heavy (non-hydrogen) atoms. The van der Waals surface area contributed by atoms with Gasteiger partial charge in [0.15, 0.2) is 0 Å². The van der Waals surface area contributed by atoms with Crippen LogP contribution in [0.25, 0.3) is 0 Å². The average Bonchev–Trinajstić information content (AvgIpc) is 2.79. The Hall–Kier alpha value is -2.66. The van der Waals surface area contributed by atoms with Crippen molar-refractivity contribution in [2.24, 2.45) is 5.92 Å². The van der Waals surface area contributed by atoms with Crippen LogP contribution in [0.1, 0.15) is 48.4 Å². The van der Waals surface area contributed by atoms with Gasteiger partial charge in [-0.2, -0.15) is 0 Å². The van der Waals surface area contributed by atoms with E-state index >= 15 is 0 Å². The van der Waals surface area contributed by atoms with Gasteiger partial charge in [0.05, 0.1) is 12.6 Å². The van der Waals surface area contributed by atoms with Crippen molar-refractivity contribution >= 4 is 17.5 Å². The molecule has 0 spiro atoms. The molecule has 1 fully saturated rings. The number of nitrogens with zero attached hydrogens (tertiary/aromatic N) is 1. The fourth-order valence-electron chi connectivity index (χ4n) is 4.43. The van der Waals surface area contributed by atoms with Crippen LogP contribution in [0.2, 0.25) is 0 Å². The predicted octanol–water partition coefficient (Wildman–Crippen LogP) is 4.40. The molecule has 1 saturated heterocycles. The van der Waals surface area contributed by atoms with E-state index in [2.05, 4.69) is 46.7 Å². The van der Waals surface area contributed by atoms with Crippen molar-refractivity contribution in [2.75, 3.05) is 25.0 Å². The fourth-order valence-corrected chi connectivity index (χ4v) is 4.43. The van der Waals surface area contributed by atoms with Crippen LogP contribution >= 0.6 is 0 Å². The third-order valence-corrected chi connectivity index (χ3v) is 6.71. The summed E-state index contributed by atoms with van der Waals surface area (Å²) in [6.45, 7) is 9.84. The van der Waals surface area contributed by atoms with Crippen molar-refractivity contribution < 1.29 is 9.59 Å². The summed E-state index contributed by atoms with van der Waals surface area (Å²) in [5.41, 5.74) is 5.57. The normalized spacial score (nSPS) is 15.9. The molecule has 1 atom stereocenters. The molecule has 172 valence electrons. The van der Waals surface area contributed by atoms with Gasteiger partial charge in [0.1, 0.15) is 0 Å². The molecule has 1 unspecified atom stereocenters. The molecule has 0 bridgehead atoms. The average molecular weight is 436 g/mol. The Morgan fingerprint density at radius 1 is 1.00 bits per heavy atom. The Bertz CT molecular complexity index is 895. The lowest BCUT2D eigenvalue weighted by atomic mass is 9.90. The zero-order valence-corrected chi connectivity index (χ0v) is 19.9. The van der Waals surface area contributed by atoms with Crippen molar-refractivity contribution in [2.45, 2.75) is 59.4 Å². The summed E-state index contributed by atoms with van der Waals surface area (Å²) in [6.07, 6.45) is 4.57. The van der Waals surface area contributed by atoms with Gasteiger partial charge >= 0.3 is 0 Å². The Kier molecular flexibility index (Phi) is 8.46. The SMILES string of the molecule is Cc1ccc(CCC2CCN(C(C)C(=O)NCC(=O)Nc3c(C)cccc3C)CC2)cc1. The second-order valence-electron chi connectivity index (χ2n) is 9.21. The first-order valence-electron chi connectivity index (χ1n) is 11.8. The number of hydrogen-bond donors (Lipinski definition) is 2. The predicted molar refractivity (Wildman–Crippen MR) is 131 cm³/mol. The number of anilines is 1. The van der Waals surface area contributed by atoms with E-state index in [0.717, 1.165) is 49.2 Å². The fraction of sp³-hybridized carbons (Fsp3) is 0.481. The van der Waals surface area contributed by atoms with Gasteiger partial charge in [0.2, 0.25) is 11.8 Å². The number of carbonyl (C=O) groups excluding carboxylic acids is 2. The van der Waals surface area contributed by atoms with Gasteiger partial charge in [-0.3, -0.25) is 14.5 Å². The van der Waals surface area contributed by atoms with Gasteiger partial charge in [-0.25, -0.2) is 0 Å². The summed E-state index contributed by atoms with van der Waals surface area (Å²) in [6, 6.07) is 14.5. The number of benzene rings is 2. The van der Waals surface area contributed by atoms with E-state index in [4.69, 9.17) is 0 Å². The molecule has 2 N–H and O–H groups in total. The topological polar surface area (TPSA) is 61.4 Å². The molecule has 2 aromatic carbocycles. The highest BCUT2D eigenvalue weighted by molar-refractivity contribution is 5.96. The first-order chi connectivity index (χ1) is 15.3. The molecule has 1 heterocycles. The van der Waals surface area contributed by atoms with E-state index in [1.54, 1.807) is 0 Å². The Balaban J connectivity index is 1.38. The summed E-state index contributed by atoms with van der Waals surface area (Å²) in [5, 5.41) is 5.73. The molecule has 1 aliphatic rings. The van der Waals surface area contributed by atoms with Gasteiger partial charge < -0.3 is 10.6 Å². The second kappa shape index (κ2) is 11.3. The highest BCUT2D eigenvalue weighted by atomic mass is 16.2. The zero-order chi connectivity index (χ0) is 23.1. The second-order valence-corrected chi connectivity index (χ2v) is 9.21. The minimum Gasteiger partial charge on any atom is -0.346 e. The minimum absolute atomic E-state index is 0.00996. The van der Waals surface area contributed by atoms with Crippen LogP contribution in [0.15, 0.2) is 42.5 Å². The maximum absolute atomic E-state index is 12.6. The first kappa shape index (κ1) is 24.0. The van der Waals surface area contributed by atoms with Crippen LogP contribution in [0.4, 0.5) is 5.69 Å². The van der Waals surface area contributed by atoms with E-state index in [1.807, 2.05) is 39.0 Å². The molecule has 5 heteroatoms. The number of carbonyl (C=O) groups is 2. The van der Waals surface area contributed by atoms with Crippen LogP contribution in [0.5, 0.6) is 0 Å². The van der Waals surface area contributed by atoms with Gasteiger partial charge in [-0.05, 0) is 89.1 Å². The number of amides is 2. The molecule has 0 radical (unpaired) electrons. The minimum atomic E-state index is -0.221. The summed E-state index contributed by atoms with van der Waals surface area (Å²) < 4.78 is 0. The van der Waals surface area contributed by atoms with Gasteiger partial charge in [0.25, 0.3) is 0 Å². The summed E-state index contributed by atoms with van der Waals surface area (Å²) in [5.74, 6) is 0.434. The van der Waals surface area contributed by atoms with Crippen molar-refractivity contribution in [3.63, 3.8) is 0 Å². The Morgan fingerprint density at radius 2 is 1.62 bits per heavy atom. The Morgan fingerprint density at radius 3 is 2.25 bits per heavy atom. The molecular weight excluding hydrogens is 398 g/mol. The number of rotatable bonds is 8. The highest BCUT2D eigenvalue weighted by Gasteiger charge is 2.26. The number of aryl methyl sites for hydroxylation is 4. The van der Waals surface area contributed by atoms with Crippen LogP contribution in [-0.2, 0) is 16.0 Å². The molecule has 2 amide bonds. The number of piperidine rings is 1. The third kappa shape index (κ3) is 6.67. The van der Waals surface area contributed by atoms with Gasteiger partial charge in [-0.15, -0.1) is 0 Å². The molecule has 0 aromatic heterocycles. The van der Waals surface area contributed by atoms with Crippen LogP contribution in [0, 0.1) is 26.7 Å². The van der Waals surface area contributed by atoms with Gasteiger partial charge in [-0.1, -0.05) is 48.0 Å². The Labute approximate surface area is 192 Å². The maximum atomic E-state index is 12.6. The molecule has 3 rings (SSSR count). The van der Waals surface area contributed by atoms with Crippen molar-refractivity contribution in [3.05, 3.63) is 64.7 Å². The molecular formula is C27H37N3O2. The number of nitrogens with one attached hydrogen (secondary N) is 2. The molecule has 5 nitrogen and oxygen atoms in total.